The van der Waals surface area contributed by atoms with E-state index in [4.69, 9.17) is 4.42 Å². The molecule has 2 aromatic heterocycles. The largest absolute Gasteiger partial charge is 0.468 e. The molecule has 1 N–H and O–H groups in total. The SMILES string of the molecule is CCCNC(CCCc1cccs1)c1ccco1. The summed E-state index contributed by atoms with van der Waals surface area (Å²) >= 11 is 1.85. The van der Waals surface area contributed by atoms with Crippen LogP contribution >= 0.6 is 11.3 Å². The van der Waals surface area contributed by atoms with Crippen LogP contribution in [0.1, 0.15) is 42.9 Å². The van der Waals surface area contributed by atoms with Crippen LogP contribution in [0.15, 0.2) is 40.3 Å². The molecule has 0 aliphatic heterocycles. The van der Waals surface area contributed by atoms with Gasteiger partial charge in [0.1, 0.15) is 5.76 Å². The zero-order chi connectivity index (χ0) is 12.6. The number of thiophene rings is 1. The smallest absolute Gasteiger partial charge is 0.120 e. The molecule has 0 saturated heterocycles. The first kappa shape index (κ1) is 13.4. The number of nitrogens with one attached hydrogen (secondary N) is 1. The molecular weight excluding hydrogens is 242 g/mol. The highest BCUT2D eigenvalue weighted by atomic mass is 32.1. The van der Waals surface area contributed by atoms with E-state index >= 15 is 0 Å². The Hall–Kier alpha value is -1.06. The Morgan fingerprint density at radius 3 is 2.94 bits per heavy atom. The van der Waals surface area contributed by atoms with Gasteiger partial charge in [-0.1, -0.05) is 13.0 Å². The highest BCUT2D eigenvalue weighted by Crippen LogP contribution is 2.21. The van der Waals surface area contributed by atoms with Gasteiger partial charge in [-0.3, -0.25) is 0 Å². The number of rotatable bonds is 8. The maximum absolute atomic E-state index is 5.52. The third-order valence-corrected chi connectivity index (χ3v) is 3.96. The van der Waals surface area contributed by atoms with Crippen LogP contribution in [0.2, 0.25) is 0 Å². The van der Waals surface area contributed by atoms with Gasteiger partial charge in [-0.2, -0.15) is 0 Å². The molecule has 0 saturated carbocycles. The lowest BCUT2D eigenvalue weighted by atomic mass is 10.1. The van der Waals surface area contributed by atoms with E-state index in [-0.39, 0.29) is 0 Å². The summed E-state index contributed by atoms with van der Waals surface area (Å²) in [7, 11) is 0. The van der Waals surface area contributed by atoms with E-state index in [1.807, 2.05) is 17.4 Å². The lowest BCUT2D eigenvalue weighted by Gasteiger charge is -2.15. The molecule has 2 aromatic rings. The zero-order valence-corrected chi connectivity index (χ0v) is 11.7. The van der Waals surface area contributed by atoms with Gasteiger partial charge in [-0.15, -0.1) is 11.3 Å². The van der Waals surface area contributed by atoms with Crippen molar-refractivity contribution >= 4 is 11.3 Å². The van der Waals surface area contributed by atoms with Gasteiger partial charge in [-0.05, 0) is 55.8 Å². The number of hydrogen-bond donors (Lipinski definition) is 1. The van der Waals surface area contributed by atoms with Crippen LogP contribution in [0.4, 0.5) is 0 Å². The first-order valence-electron chi connectivity index (χ1n) is 6.69. The Morgan fingerprint density at radius 1 is 1.33 bits per heavy atom. The zero-order valence-electron chi connectivity index (χ0n) is 10.9. The van der Waals surface area contributed by atoms with Gasteiger partial charge in [0.05, 0.1) is 12.3 Å². The quantitative estimate of drug-likeness (QED) is 0.763. The van der Waals surface area contributed by atoms with Crippen LogP contribution in [-0.4, -0.2) is 6.54 Å². The summed E-state index contributed by atoms with van der Waals surface area (Å²) in [5, 5.41) is 5.71. The molecule has 0 bridgehead atoms. The summed E-state index contributed by atoms with van der Waals surface area (Å²) in [5.41, 5.74) is 0. The van der Waals surface area contributed by atoms with Crippen LogP contribution < -0.4 is 5.32 Å². The Balaban J connectivity index is 1.81. The first-order chi connectivity index (χ1) is 8.90. The van der Waals surface area contributed by atoms with Crippen LogP contribution in [-0.2, 0) is 6.42 Å². The molecule has 2 nitrogen and oxygen atoms in total. The van der Waals surface area contributed by atoms with Gasteiger partial charge in [0.25, 0.3) is 0 Å². The predicted octanol–water partition coefficient (Wildman–Crippen LogP) is 4.40. The first-order valence-corrected chi connectivity index (χ1v) is 7.57. The molecule has 98 valence electrons. The molecule has 0 aliphatic carbocycles. The van der Waals surface area contributed by atoms with E-state index in [0.717, 1.165) is 25.1 Å². The maximum Gasteiger partial charge on any atom is 0.120 e. The topological polar surface area (TPSA) is 25.2 Å². The van der Waals surface area contributed by atoms with E-state index in [2.05, 4.69) is 35.8 Å². The Labute approximate surface area is 113 Å². The molecule has 2 heterocycles. The van der Waals surface area contributed by atoms with Crippen molar-refractivity contribution in [2.24, 2.45) is 0 Å². The average Bonchev–Trinajstić information content (AvgIpc) is 3.05. The van der Waals surface area contributed by atoms with Crippen molar-refractivity contribution in [3.8, 4) is 0 Å². The summed E-state index contributed by atoms with van der Waals surface area (Å²) in [5.74, 6) is 1.06. The Morgan fingerprint density at radius 2 is 2.28 bits per heavy atom. The molecule has 0 aliphatic rings. The van der Waals surface area contributed by atoms with Crippen molar-refractivity contribution in [2.45, 2.75) is 38.6 Å². The van der Waals surface area contributed by atoms with E-state index in [0.29, 0.717) is 6.04 Å². The van der Waals surface area contributed by atoms with E-state index in [1.54, 1.807) is 6.26 Å². The van der Waals surface area contributed by atoms with Gasteiger partial charge < -0.3 is 9.73 Å². The number of hydrogen-bond acceptors (Lipinski definition) is 3. The Kier molecular flexibility index (Phi) is 5.49. The predicted molar refractivity (Wildman–Crippen MR) is 77.0 cm³/mol. The van der Waals surface area contributed by atoms with Crippen molar-refractivity contribution in [1.29, 1.82) is 0 Å². The molecular formula is C15H21NOS. The highest BCUT2D eigenvalue weighted by Gasteiger charge is 2.12. The number of furan rings is 1. The molecule has 0 aromatic carbocycles. The second kappa shape index (κ2) is 7.39. The van der Waals surface area contributed by atoms with Gasteiger partial charge in [0, 0.05) is 4.88 Å². The van der Waals surface area contributed by atoms with Crippen molar-refractivity contribution in [3.63, 3.8) is 0 Å². The molecule has 18 heavy (non-hydrogen) atoms. The monoisotopic (exact) mass is 263 g/mol. The van der Waals surface area contributed by atoms with Gasteiger partial charge in [0.15, 0.2) is 0 Å². The van der Waals surface area contributed by atoms with Crippen molar-refractivity contribution in [2.75, 3.05) is 6.54 Å². The molecule has 2 rings (SSSR count). The molecule has 1 unspecified atom stereocenters. The summed E-state index contributed by atoms with van der Waals surface area (Å²) in [6.45, 7) is 3.24. The summed E-state index contributed by atoms with van der Waals surface area (Å²) < 4.78 is 5.52. The van der Waals surface area contributed by atoms with Crippen molar-refractivity contribution < 1.29 is 4.42 Å². The average molecular weight is 263 g/mol. The van der Waals surface area contributed by atoms with Gasteiger partial charge in [0.2, 0.25) is 0 Å². The van der Waals surface area contributed by atoms with Gasteiger partial charge in [-0.25, -0.2) is 0 Å². The molecule has 0 amide bonds. The van der Waals surface area contributed by atoms with Gasteiger partial charge >= 0.3 is 0 Å². The lowest BCUT2D eigenvalue weighted by molar-refractivity contribution is 0.389. The second-order valence-corrected chi connectivity index (χ2v) is 5.53. The number of aryl methyl sites for hydroxylation is 1. The molecule has 1 atom stereocenters. The molecule has 0 radical (unpaired) electrons. The van der Waals surface area contributed by atoms with Crippen LogP contribution in [0.3, 0.4) is 0 Å². The Bertz CT molecular complexity index is 408. The van der Waals surface area contributed by atoms with E-state index < -0.39 is 0 Å². The molecule has 0 fully saturated rings. The summed E-state index contributed by atoms with van der Waals surface area (Å²) in [6, 6.07) is 8.74. The van der Waals surface area contributed by atoms with Crippen LogP contribution in [0.5, 0.6) is 0 Å². The maximum atomic E-state index is 5.52. The standard InChI is InChI=1S/C15H21NOS/c1-2-10-16-14(15-9-4-11-17-15)8-3-6-13-7-5-12-18-13/h4-5,7,9,11-12,14,16H,2-3,6,8,10H2,1H3. The van der Waals surface area contributed by atoms with Crippen molar-refractivity contribution in [1.82, 2.24) is 5.32 Å². The third-order valence-electron chi connectivity index (χ3n) is 3.02. The summed E-state index contributed by atoms with van der Waals surface area (Å²) in [4.78, 5) is 1.48. The fourth-order valence-electron chi connectivity index (χ4n) is 2.09. The minimum absolute atomic E-state index is 0.361. The summed E-state index contributed by atoms with van der Waals surface area (Å²) in [6.07, 6.45) is 6.41. The fourth-order valence-corrected chi connectivity index (χ4v) is 2.84. The molecule has 3 heteroatoms. The lowest BCUT2D eigenvalue weighted by Crippen LogP contribution is -2.21. The van der Waals surface area contributed by atoms with E-state index in [9.17, 15) is 0 Å². The third kappa shape index (κ3) is 4.00. The normalized spacial score (nSPS) is 12.7. The minimum atomic E-state index is 0.361. The second-order valence-electron chi connectivity index (χ2n) is 4.49. The van der Waals surface area contributed by atoms with Crippen LogP contribution in [0.25, 0.3) is 0 Å². The van der Waals surface area contributed by atoms with Crippen LogP contribution in [0, 0.1) is 0 Å². The highest BCUT2D eigenvalue weighted by molar-refractivity contribution is 7.09. The fraction of sp³-hybridized carbons (Fsp3) is 0.467. The van der Waals surface area contributed by atoms with Crippen molar-refractivity contribution in [3.05, 3.63) is 46.5 Å². The minimum Gasteiger partial charge on any atom is -0.468 e. The van der Waals surface area contributed by atoms with E-state index in [1.165, 1.54) is 17.7 Å². The molecule has 0 spiro atoms.